The van der Waals surface area contributed by atoms with E-state index in [1.165, 1.54) is 173 Å². The van der Waals surface area contributed by atoms with E-state index in [2.05, 4.69) is 118 Å². The molecule has 0 N–H and O–H groups in total. The van der Waals surface area contributed by atoms with E-state index in [1.807, 2.05) is 0 Å². The number of unbranched alkanes of at least 4 members (excludes halogenated alkanes) is 28. The lowest BCUT2D eigenvalue weighted by Gasteiger charge is -2.18. The number of allylic oxidation sites excluding steroid dienone is 16. The lowest BCUT2D eigenvalue weighted by atomic mass is 10.0. The number of carbonyl (C=O) groups excluding carboxylic acids is 3. The summed E-state index contributed by atoms with van der Waals surface area (Å²) in [6.07, 6.45) is 81.3. The van der Waals surface area contributed by atoms with E-state index >= 15 is 0 Å². The first kappa shape index (κ1) is 69.3. The molecule has 0 saturated carbocycles. The Bertz CT molecular complexity index is 1440. The lowest BCUT2D eigenvalue weighted by molar-refractivity contribution is -0.167. The van der Waals surface area contributed by atoms with Crippen LogP contribution in [0, 0.1) is 0 Å². The van der Waals surface area contributed by atoms with Crippen molar-refractivity contribution in [2.75, 3.05) is 13.2 Å². The molecule has 0 aliphatic heterocycles. The van der Waals surface area contributed by atoms with Crippen LogP contribution in [0.25, 0.3) is 0 Å². The molecule has 418 valence electrons. The van der Waals surface area contributed by atoms with Crippen LogP contribution in [-0.4, -0.2) is 37.2 Å². The van der Waals surface area contributed by atoms with Crippen LogP contribution in [0.4, 0.5) is 0 Å². The predicted octanol–water partition coefficient (Wildman–Crippen LogP) is 20.9. The van der Waals surface area contributed by atoms with Crippen molar-refractivity contribution in [2.45, 2.75) is 297 Å². The van der Waals surface area contributed by atoms with E-state index < -0.39 is 6.10 Å². The van der Waals surface area contributed by atoms with E-state index in [0.29, 0.717) is 19.3 Å². The molecule has 0 fully saturated rings. The maximum atomic E-state index is 12.9. The molecule has 0 bridgehead atoms. The molecule has 0 unspecified atom stereocenters. The van der Waals surface area contributed by atoms with Gasteiger partial charge in [-0.25, -0.2) is 0 Å². The van der Waals surface area contributed by atoms with Gasteiger partial charge in [0.2, 0.25) is 0 Å². The first-order valence-corrected chi connectivity index (χ1v) is 30.7. The van der Waals surface area contributed by atoms with Crippen molar-refractivity contribution in [2.24, 2.45) is 0 Å². The first-order chi connectivity index (χ1) is 36.0. The average molecular weight is 1020 g/mol. The fourth-order valence-electron chi connectivity index (χ4n) is 8.39. The van der Waals surface area contributed by atoms with Gasteiger partial charge >= 0.3 is 17.9 Å². The number of esters is 3. The van der Waals surface area contributed by atoms with Crippen molar-refractivity contribution < 1.29 is 28.6 Å². The average Bonchev–Trinajstić information content (AvgIpc) is 3.39. The second-order valence-electron chi connectivity index (χ2n) is 20.2. The fourth-order valence-corrected chi connectivity index (χ4v) is 8.39. The highest BCUT2D eigenvalue weighted by molar-refractivity contribution is 5.71. The van der Waals surface area contributed by atoms with Gasteiger partial charge in [-0.15, -0.1) is 0 Å². The Balaban J connectivity index is 4.50. The minimum Gasteiger partial charge on any atom is -0.462 e. The topological polar surface area (TPSA) is 78.9 Å². The quantitative estimate of drug-likeness (QED) is 0.0261. The summed E-state index contributed by atoms with van der Waals surface area (Å²) in [5.41, 5.74) is 0. The van der Waals surface area contributed by atoms with Crippen LogP contribution in [-0.2, 0) is 28.6 Å². The molecule has 6 nitrogen and oxygen atoms in total. The molecule has 0 rings (SSSR count). The van der Waals surface area contributed by atoms with Crippen molar-refractivity contribution >= 4 is 17.9 Å². The van der Waals surface area contributed by atoms with Crippen molar-refractivity contribution in [3.05, 3.63) is 97.2 Å². The van der Waals surface area contributed by atoms with Crippen molar-refractivity contribution in [3.8, 4) is 0 Å². The van der Waals surface area contributed by atoms with Gasteiger partial charge in [-0.2, -0.15) is 0 Å². The molecule has 1 atom stereocenters. The molecule has 0 aliphatic carbocycles. The van der Waals surface area contributed by atoms with Crippen molar-refractivity contribution in [1.82, 2.24) is 0 Å². The van der Waals surface area contributed by atoms with Gasteiger partial charge in [-0.05, 0) is 116 Å². The summed E-state index contributed by atoms with van der Waals surface area (Å²) in [5.74, 6) is -1.02. The number of ether oxygens (including phenoxy) is 3. The Morgan fingerprint density at radius 1 is 0.274 bits per heavy atom. The Kier molecular flexibility index (Phi) is 57.8. The Morgan fingerprint density at radius 3 is 0.863 bits per heavy atom. The van der Waals surface area contributed by atoms with Gasteiger partial charge in [-0.1, -0.05) is 253 Å². The molecule has 0 aromatic carbocycles. The molecule has 0 heterocycles. The number of carbonyl (C=O) groups is 3. The van der Waals surface area contributed by atoms with E-state index in [-0.39, 0.29) is 44.0 Å². The van der Waals surface area contributed by atoms with Gasteiger partial charge in [-0.3, -0.25) is 14.4 Å². The van der Waals surface area contributed by atoms with Crippen molar-refractivity contribution in [3.63, 3.8) is 0 Å². The third kappa shape index (κ3) is 59.1. The van der Waals surface area contributed by atoms with Crippen LogP contribution in [0.15, 0.2) is 97.2 Å². The number of rotatable bonds is 55. The summed E-state index contributed by atoms with van der Waals surface area (Å²) < 4.78 is 16.8. The van der Waals surface area contributed by atoms with Crippen LogP contribution >= 0.6 is 0 Å². The molecule has 0 spiro atoms. The number of hydrogen-bond acceptors (Lipinski definition) is 6. The monoisotopic (exact) mass is 1010 g/mol. The third-order valence-corrected chi connectivity index (χ3v) is 13.0. The Hall–Kier alpha value is -3.67. The largest absolute Gasteiger partial charge is 0.462 e. The van der Waals surface area contributed by atoms with Gasteiger partial charge in [0.1, 0.15) is 13.2 Å². The zero-order valence-corrected chi connectivity index (χ0v) is 47.9. The van der Waals surface area contributed by atoms with Crippen LogP contribution in [0.2, 0.25) is 0 Å². The molecule has 0 saturated heterocycles. The third-order valence-electron chi connectivity index (χ3n) is 13.0. The molecule has 0 aromatic heterocycles. The molecule has 73 heavy (non-hydrogen) atoms. The Labute approximate surface area is 451 Å². The molecule has 0 radical (unpaired) electrons. The lowest BCUT2D eigenvalue weighted by Crippen LogP contribution is -2.30. The summed E-state index contributed by atoms with van der Waals surface area (Å²) in [4.78, 5) is 38.2. The van der Waals surface area contributed by atoms with E-state index in [0.717, 1.165) is 64.2 Å². The molecule has 0 aliphatic rings. The van der Waals surface area contributed by atoms with E-state index in [4.69, 9.17) is 14.2 Å². The van der Waals surface area contributed by atoms with E-state index in [9.17, 15) is 14.4 Å². The van der Waals surface area contributed by atoms with Gasteiger partial charge in [0.05, 0.1) is 0 Å². The van der Waals surface area contributed by atoms with Gasteiger partial charge in [0.25, 0.3) is 0 Å². The van der Waals surface area contributed by atoms with Gasteiger partial charge in [0.15, 0.2) is 6.10 Å². The molecule has 0 aromatic rings. The minimum absolute atomic E-state index is 0.115. The SMILES string of the molecule is CCCCC/C=C\C/C=C\C/C=C\C/C=C\CCCC(=O)OC[C@H](COC(=O)CCCCCCCCCCCCC/C=C\CCCCCCCC)OC(=O)CCC/C=C\C/C=C\C/C=C\CCCCCCCC. The second-order valence-corrected chi connectivity index (χ2v) is 20.2. The summed E-state index contributed by atoms with van der Waals surface area (Å²) in [6.45, 7) is 6.53. The Morgan fingerprint density at radius 2 is 0.507 bits per heavy atom. The smallest absolute Gasteiger partial charge is 0.306 e. The molecule has 6 heteroatoms. The van der Waals surface area contributed by atoms with Crippen LogP contribution < -0.4 is 0 Å². The maximum Gasteiger partial charge on any atom is 0.306 e. The highest BCUT2D eigenvalue weighted by Crippen LogP contribution is 2.15. The first-order valence-electron chi connectivity index (χ1n) is 30.7. The zero-order chi connectivity index (χ0) is 52.9. The van der Waals surface area contributed by atoms with Crippen LogP contribution in [0.1, 0.15) is 290 Å². The van der Waals surface area contributed by atoms with Crippen LogP contribution in [0.5, 0.6) is 0 Å². The van der Waals surface area contributed by atoms with Gasteiger partial charge < -0.3 is 14.2 Å². The normalized spacial score (nSPS) is 12.8. The highest BCUT2D eigenvalue weighted by atomic mass is 16.6. The number of hydrogen-bond donors (Lipinski definition) is 0. The molecular formula is C67H114O6. The second kappa shape index (κ2) is 60.9. The maximum absolute atomic E-state index is 12.9. The highest BCUT2D eigenvalue weighted by Gasteiger charge is 2.19. The van der Waals surface area contributed by atoms with Crippen molar-refractivity contribution in [1.29, 1.82) is 0 Å². The fraction of sp³-hybridized carbons (Fsp3) is 0.716. The molecule has 0 amide bonds. The van der Waals surface area contributed by atoms with E-state index in [1.54, 1.807) is 0 Å². The summed E-state index contributed by atoms with van der Waals surface area (Å²) in [6, 6.07) is 0. The minimum atomic E-state index is -0.828. The van der Waals surface area contributed by atoms with Crippen LogP contribution in [0.3, 0.4) is 0 Å². The standard InChI is InChI=1S/C67H114O6/c1-4-7-10-13-16-19-22-25-28-31-32-33-34-37-39-42-45-48-51-54-57-60-66(69)72-63-64(73-67(70)61-58-55-52-49-46-43-40-36-30-27-24-21-18-15-12-9-6-3)62-71-65(68)59-56-53-50-47-44-41-38-35-29-26-23-20-17-14-11-8-5-2/h17,20,25-30,38,40-41,43,47,49-50,52,64H,4-16,18-19,21-24,31-37,39,42,44-46,48,51,53-63H2,1-3H3/b20-17-,28-25-,29-26-,30-27-,41-38-,43-40-,50-47-,52-49-/t64-/m1/s1. The summed E-state index contributed by atoms with van der Waals surface area (Å²) >= 11 is 0. The predicted molar refractivity (Wildman–Crippen MR) is 316 cm³/mol. The summed E-state index contributed by atoms with van der Waals surface area (Å²) in [5, 5.41) is 0. The van der Waals surface area contributed by atoms with Gasteiger partial charge in [0, 0.05) is 19.3 Å². The summed E-state index contributed by atoms with van der Waals surface area (Å²) in [7, 11) is 0. The molecular weight excluding hydrogens is 901 g/mol. The zero-order valence-electron chi connectivity index (χ0n) is 47.9.